The van der Waals surface area contributed by atoms with Crippen LogP contribution in [0.2, 0.25) is 0 Å². The highest BCUT2D eigenvalue weighted by atomic mass is 19.1. The average Bonchev–Trinajstić information content (AvgIpc) is 2.36. The third-order valence-electron chi connectivity index (χ3n) is 3.06. The van der Waals surface area contributed by atoms with E-state index in [1.807, 2.05) is 19.1 Å². The molecule has 0 aliphatic heterocycles. The summed E-state index contributed by atoms with van der Waals surface area (Å²) < 4.78 is 18.7. The van der Waals surface area contributed by atoms with E-state index < -0.39 is 6.10 Å². The molecule has 1 atom stereocenters. The number of ether oxygens (including phenoxy) is 1. The third kappa shape index (κ3) is 2.93. The smallest absolute Gasteiger partial charge is 0.125 e. The molecule has 0 heterocycles. The van der Waals surface area contributed by atoms with Gasteiger partial charge in [0.1, 0.15) is 17.7 Å². The van der Waals surface area contributed by atoms with Gasteiger partial charge in [0.05, 0.1) is 7.11 Å². The number of halogens is 1. The Bertz CT molecular complexity index is 573. The Morgan fingerprint density at radius 1 is 1.05 bits per heavy atom. The number of aliphatic hydroxyl groups is 1. The van der Waals surface area contributed by atoms with Crippen LogP contribution in [0.25, 0.3) is 0 Å². The van der Waals surface area contributed by atoms with Crippen LogP contribution in [-0.4, -0.2) is 12.2 Å². The van der Waals surface area contributed by atoms with E-state index in [9.17, 15) is 9.50 Å². The number of aryl methyl sites for hydroxylation is 2. The van der Waals surface area contributed by atoms with Gasteiger partial charge in [-0.1, -0.05) is 17.7 Å². The highest BCUT2D eigenvalue weighted by Crippen LogP contribution is 2.31. The molecule has 0 aliphatic carbocycles. The summed E-state index contributed by atoms with van der Waals surface area (Å²) in [6, 6.07) is 10.1. The maximum absolute atomic E-state index is 13.4. The van der Waals surface area contributed by atoms with Gasteiger partial charge in [0.2, 0.25) is 0 Å². The fraction of sp³-hybridized carbons (Fsp3) is 0.250. The number of aliphatic hydroxyl groups excluding tert-OH is 1. The lowest BCUT2D eigenvalue weighted by molar-refractivity contribution is 0.214. The van der Waals surface area contributed by atoms with Gasteiger partial charge in [-0.05, 0) is 49.2 Å². The summed E-state index contributed by atoms with van der Waals surface area (Å²) in [4.78, 5) is 0. The monoisotopic (exact) mass is 260 g/mol. The molecule has 100 valence electrons. The Balaban J connectivity index is 2.48. The fourth-order valence-corrected chi connectivity index (χ4v) is 2.17. The lowest BCUT2D eigenvalue weighted by atomic mass is 9.97. The lowest BCUT2D eigenvalue weighted by Crippen LogP contribution is -2.04. The van der Waals surface area contributed by atoms with Crippen LogP contribution in [0.3, 0.4) is 0 Å². The molecule has 0 bridgehead atoms. The molecule has 19 heavy (non-hydrogen) atoms. The highest BCUT2D eigenvalue weighted by molar-refractivity contribution is 5.43. The topological polar surface area (TPSA) is 29.5 Å². The summed E-state index contributed by atoms with van der Waals surface area (Å²) >= 11 is 0. The van der Waals surface area contributed by atoms with Crippen LogP contribution in [0, 0.1) is 19.7 Å². The average molecular weight is 260 g/mol. The van der Waals surface area contributed by atoms with E-state index in [2.05, 4.69) is 0 Å². The molecule has 0 saturated heterocycles. The van der Waals surface area contributed by atoms with E-state index in [0.717, 1.165) is 11.1 Å². The zero-order chi connectivity index (χ0) is 14.0. The van der Waals surface area contributed by atoms with Crippen LogP contribution < -0.4 is 4.74 Å². The Morgan fingerprint density at radius 2 is 1.79 bits per heavy atom. The molecule has 0 amide bonds. The molecule has 0 spiro atoms. The van der Waals surface area contributed by atoms with Gasteiger partial charge in [0.15, 0.2) is 0 Å². The molecule has 2 aromatic carbocycles. The van der Waals surface area contributed by atoms with Crippen molar-refractivity contribution in [2.45, 2.75) is 20.0 Å². The molecule has 3 heteroatoms. The van der Waals surface area contributed by atoms with Crippen molar-refractivity contribution in [2.24, 2.45) is 0 Å². The molecule has 0 aliphatic rings. The first-order chi connectivity index (χ1) is 9.01. The second-order valence-electron chi connectivity index (χ2n) is 4.71. The van der Waals surface area contributed by atoms with E-state index >= 15 is 0 Å². The zero-order valence-corrected chi connectivity index (χ0v) is 11.3. The van der Waals surface area contributed by atoms with Gasteiger partial charge in [0.25, 0.3) is 0 Å². The Labute approximate surface area is 112 Å². The molecule has 1 N–H and O–H groups in total. The second-order valence-corrected chi connectivity index (χ2v) is 4.71. The van der Waals surface area contributed by atoms with Crippen molar-refractivity contribution in [3.05, 3.63) is 64.5 Å². The molecule has 0 saturated carbocycles. The van der Waals surface area contributed by atoms with E-state index in [1.54, 1.807) is 26.2 Å². The van der Waals surface area contributed by atoms with Crippen LogP contribution in [0.1, 0.15) is 28.4 Å². The quantitative estimate of drug-likeness (QED) is 0.914. The predicted molar refractivity (Wildman–Crippen MR) is 72.9 cm³/mol. The maximum Gasteiger partial charge on any atom is 0.125 e. The number of hydrogen-bond acceptors (Lipinski definition) is 2. The Kier molecular flexibility index (Phi) is 3.86. The molecule has 0 fully saturated rings. The molecule has 2 rings (SSSR count). The van der Waals surface area contributed by atoms with Gasteiger partial charge in [-0.25, -0.2) is 4.39 Å². The largest absolute Gasteiger partial charge is 0.496 e. The highest BCUT2D eigenvalue weighted by Gasteiger charge is 2.16. The van der Waals surface area contributed by atoms with Gasteiger partial charge in [-0.3, -0.25) is 0 Å². The normalized spacial score (nSPS) is 12.3. The number of hydrogen-bond donors (Lipinski definition) is 1. The number of benzene rings is 2. The second kappa shape index (κ2) is 5.41. The third-order valence-corrected chi connectivity index (χ3v) is 3.06. The van der Waals surface area contributed by atoms with Gasteiger partial charge < -0.3 is 9.84 Å². The predicted octanol–water partition coefficient (Wildman–Crippen LogP) is 3.53. The van der Waals surface area contributed by atoms with Crippen molar-refractivity contribution < 1.29 is 14.2 Å². The van der Waals surface area contributed by atoms with Crippen LogP contribution in [-0.2, 0) is 0 Å². The molecular formula is C16H17FO2. The maximum atomic E-state index is 13.4. The van der Waals surface area contributed by atoms with E-state index in [0.29, 0.717) is 16.9 Å². The van der Waals surface area contributed by atoms with Crippen molar-refractivity contribution in [1.29, 1.82) is 0 Å². The van der Waals surface area contributed by atoms with Crippen molar-refractivity contribution in [2.75, 3.05) is 7.11 Å². The summed E-state index contributed by atoms with van der Waals surface area (Å²) in [7, 11) is 1.55. The van der Waals surface area contributed by atoms with Crippen molar-refractivity contribution >= 4 is 0 Å². The first-order valence-corrected chi connectivity index (χ1v) is 6.11. The van der Waals surface area contributed by atoms with Crippen molar-refractivity contribution in [1.82, 2.24) is 0 Å². The summed E-state index contributed by atoms with van der Waals surface area (Å²) in [5, 5.41) is 10.4. The minimum absolute atomic E-state index is 0.347. The molecule has 0 radical (unpaired) electrons. The van der Waals surface area contributed by atoms with E-state index in [4.69, 9.17) is 4.74 Å². The molecule has 0 aromatic heterocycles. The standard InChI is InChI=1S/C16H17FO2/c1-10-4-5-15(19-3)14(8-10)16(18)12-6-11(2)7-13(17)9-12/h4-9,16,18H,1-3H3. The summed E-state index contributed by atoms with van der Waals surface area (Å²) in [6.07, 6.45) is -0.899. The van der Waals surface area contributed by atoms with Gasteiger partial charge in [-0.15, -0.1) is 0 Å². The van der Waals surface area contributed by atoms with Gasteiger partial charge >= 0.3 is 0 Å². The van der Waals surface area contributed by atoms with Crippen molar-refractivity contribution in [3.63, 3.8) is 0 Å². The lowest BCUT2D eigenvalue weighted by Gasteiger charge is -2.16. The zero-order valence-electron chi connectivity index (χ0n) is 11.3. The minimum Gasteiger partial charge on any atom is -0.496 e. The van der Waals surface area contributed by atoms with Gasteiger partial charge in [-0.2, -0.15) is 0 Å². The minimum atomic E-state index is -0.899. The van der Waals surface area contributed by atoms with Gasteiger partial charge in [0, 0.05) is 5.56 Å². The van der Waals surface area contributed by atoms with Crippen LogP contribution in [0.15, 0.2) is 36.4 Å². The molecular weight excluding hydrogens is 243 g/mol. The van der Waals surface area contributed by atoms with Crippen molar-refractivity contribution in [3.8, 4) is 5.75 Å². The van der Waals surface area contributed by atoms with Crippen LogP contribution >= 0.6 is 0 Å². The van der Waals surface area contributed by atoms with E-state index in [1.165, 1.54) is 12.1 Å². The first kappa shape index (κ1) is 13.6. The summed E-state index contributed by atoms with van der Waals surface area (Å²) in [5.74, 6) is 0.251. The number of rotatable bonds is 3. The number of methoxy groups -OCH3 is 1. The summed E-state index contributed by atoms with van der Waals surface area (Å²) in [6.45, 7) is 3.74. The molecule has 2 aromatic rings. The van der Waals surface area contributed by atoms with E-state index in [-0.39, 0.29) is 5.82 Å². The molecule has 2 nitrogen and oxygen atoms in total. The first-order valence-electron chi connectivity index (χ1n) is 6.11. The Morgan fingerprint density at radius 3 is 2.42 bits per heavy atom. The molecule has 1 unspecified atom stereocenters. The Hall–Kier alpha value is -1.87. The fourth-order valence-electron chi connectivity index (χ4n) is 2.17. The SMILES string of the molecule is COc1ccc(C)cc1C(O)c1cc(C)cc(F)c1. The van der Waals surface area contributed by atoms with Crippen LogP contribution in [0.5, 0.6) is 5.75 Å². The van der Waals surface area contributed by atoms with Crippen LogP contribution in [0.4, 0.5) is 4.39 Å². The summed E-state index contributed by atoms with van der Waals surface area (Å²) in [5.41, 5.74) is 2.97.